The molecule has 0 aromatic carbocycles. The van der Waals surface area contributed by atoms with E-state index in [1.807, 2.05) is 0 Å². The standard InChI is InChI=1S/C68H106O36/c1-63(2)13-15-68(62(90)104-60-52(38(77)29(74)22-93-60)102-57-48(87)49(99-58-45(84)41(80)39(78)30(18-69)95-58)32(23-94-57)97-55-43(82)36(75)27(72)20-91-55)16-14-66(5)25(26(68)17-63)7-8-34-64(3)11-10-35(65(4,24-71)33(64)9-12-67(34,66)6)98-61-53(103-59-46(85)42(81)40(79)31(19-70)96-59)50(47(86)51(101-61)54(88)89)100-56-44(83)37(76)28(73)21-92-56/h7,24,26-53,55-61,69-70,72-87H,8-23H2,1-6H3,(H,88,89)/t26-,27+,28-,29-,30?,31?,32-,33?,34?,35?,36+,37-,38+,39+,40-,41+,42+,43?,44?,45?,46?,47-,48?,49-,50+,51?,52?,53?,55-,56-,57-,58-,59-,60-,61+,64-,65-,66+,67+,68-/m0/s1. The van der Waals surface area contributed by atoms with Crippen molar-refractivity contribution < 1.29 is 178 Å². The van der Waals surface area contributed by atoms with E-state index in [0.29, 0.717) is 57.8 Å². The maximum Gasteiger partial charge on any atom is 0.335 e. The van der Waals surface area contributed by atoms with Gasteiger partial charge in [-0.05, 0) is 104 Å². The third-order valence-electron chi connectivity index (χ3n) is 26.2. The first-order valence-corrected chi connectivity index (χ1v) is 36.0. The van der Waals surface area contributed by atoms with Crippen LogP contribution in [0.3, 0.4) is 0 Å². The molecule has 40 atom stereocenters. The van der Waals surface area contributed by atoms with Crippen molar-refractivity contribution in [2.75, 3.05) is 39.6 Å². The number of allylic oxidation sites excluding steroid dienone is 2. The Labute approximate surface area is 598 Å². The van der Waals surface area contributed by atoms with E-state index >= 15 is 4.79 Å². The van der Waals surface area contributed by atoms with Crippen LogP contribution in [-0.4, -0.2) is 352 Å². The molecule has 12 aliphatic rings. The quantitative estimate of drug-likeness (QED) is 0.0262. The number of esters is 1. The van der Waals surface area contributed by atoms with Gasteiger partial charge in [0.1, 0.15) is 141 Å². The van der Waals surface area contributed by atoms with Gasteiger partial charge in [-0.3, -0.25) is 4.79 Å². The van der Waals surface area contributed by atoms with Crippen LogP contribution < -0.4 is 0 Å². The van der Waals surface area contributed by atoms with Crippen LogP contribution in [-0.2, 0) is 80.7 Å². The van der Waals surface area contributed by atoms with Crippen LogP contribution in [0.25, 0.3) is 0 Å². The summed E-state index contributed by atoms with van der Waals surface area (Å²) in [5.74, 6) is -3.41. The Bertz CT molecular complexity index is 3020. The fourth-order valence-corrected chi connectivity index (χ4v) is 19.6. The van der Waals surface area contributed by atoms with Gasteiger partial charge in [0.2, 0.25) is 6.29 Å². The first-order chi connectivity index (χ1) is 48.9. The van der Waals surface area contributed by atoms with Crippen molar-refractivity contribution in [1.29, 1.82) is 0 Å². The first kappa shape index (κ1) is 80.6. The van der Waals surface area contributed by atoms with Gasteiger partial charge >= 0.3 is 11.9 Å². The van der Waals surface area contributed by atoms with Gasteiger partial charge in [-0.25, -0.2) is 4.79 Å². The van der Waals surface area contributed by atoms with Crippen molar-refractivity contribution in [3.63, 3.8) is 0 Å². The van der Waals surface area contributed by atoms with Crippen LogP contribution in [0.5, 0.6) is 0 Å². The summed E-state index contributed by atoms with van der Waals surface area (Å²) in [5.41, 5.74) is -3.57. The molecule has 0 radical (unpaired) electrons. The second kappa shape index (κ2) is 30.7. The van der Waals surface area contributed by atoms with Crippen molar-refractivity contribution in [3.8, 4) is 0 Å². The lowest BCUT2D eigenvalue weighted by Crippen LogP contribution is -2.68. The highest BCUT2D eigenvalue weighted by Gasteiger charge is 2.71. The number of ether oxygens (including phenoxy) is 14. The molecule has 4 saturated carbocycles. The van der Waals surface area contributed by atoms with E-state index in [9.17, 15) is 107 Å². The molecule has 0 aromatic rings. The van der Waals surface area contributed by atoms with Crippen LogP contribution >= 0.6 is 0 Å². The molecule has 13 unspecified atom stereocenters. The zero-order chi connectivity index (χ0) is 75.6. The Morgan fingerprint density at radius 3 is 1.57 bits per heavy atom. The summed E-state index contributed by atoms with van der Waals surface area (Å²) in [6, 6.07) is 0. The number of rotatable bonds is 18. The van der Waals surface area contributed by atoms with Crippen molar-refractivity contribution in [2.24, 2.45) is 50.2 Å². The molecule has 0 amide bonds. The molecule has 36 nitrogen and oxygen atoms in total. The highest BCUT2D eigenvalue weighted by molar-refractivity contribution is 5.79. The van der Waals surface area contributed by atoms with Crippen molar-refractivity contribution in [2.45, 2.75) is 302 Å². The topological polar surface area (TPSA) is 565 Å². The number of aliphatic hydroxyl groups is 18. The maximum atomic E-state index is 15.7. The average Bonchev–Trinajstić information content (AvgIpc) is 0.674. The molecule has 0 aromatic heterocycles. The molecular formula is C68H106O36. The van der Waals surface area contributed by atoms with Crippen LogP contribution in [0.15, 0.2) is 11.6 Å². The maximum absolute atomic E-state index is 15.7. The Kier molecular flexibility index (Phi) is 23.8. The Balaban J connectivity index is 0.794. The van der Waals surface area contributed by atoms with E-state index in [-0.39, 0.29) is 17.8 Å². The number of carboxylic acids is 1. The predicted octanol–water partition coefficient (Wildman–Crippen LogP) is -6.74. The van der Waals surface area contributed by atoms with Gasteiger partial charge in [-0.15, -0.1) is 0 Å². The van der Waals surface area contributed by atoms with E-state index in [2.05, 4.69) is 40.7 Å². The third kappa shape index (κ3) is 14.0. The third-order valence-corrected chi connectivity index (χ3v) is 26.2. The number of hydrogen-bond donors (Lipinski definition) is 19. The highest BCUT2D eigenvalue weighted by Crippen LogP contribution is 2.76. The highest BCUT2D eigenvalue weighted by atomic mass is 16.8. The second-order valence-electron chi connectivity index (χ2n) is 32.6. The SMILES string of the molecule is CC1(C)CC[C@]2(C(=O)O[C@@H]3OC[C@H](O)[C@@H](O)C3O[C@@H]3OC[C@H](O[C@@H]4OC[C@@H](O)[C@@H](O)C4O)[C@H](O[C@@H]4OC(CO)[C@@H](O)[C@@H](O)C4O)C3O)CC[C@]3(C)C(=CCC4[C@@]5(C)CCC(O[C@@H]6OC(C(=O)O)[C@@H](O)[C@@H](O[C@@H]7OC[C@H](O)[C@H](O)C7O)C6O[C@@H]6OC(CO)[C@H](O)[C@@H](O)C6O)[C@@](C)(C=O)C5CC[C@]43C)[C@@H]2C1. The monoisotopic (exact) mass is 1500 g/mol. The summed E-state index contributed by atoms with van der Waals surface area (Å²) in [5, 5.41) is 206. The summed E-state index contributed by atoms with van der Waals surface area (Å²) in [6.45, 7) is 8.63. The van der Waals surface area contributed by atoms with Gasteiger partial charge in [0.15, 0.2) is 49.9 Å². The van der Waals surface area contributed by atoms with E-state index in [1.165, 1.54) is 0 Å². The van der Waals surface area contributed by atoms with Gasteiger partial charge in [-0.2, -0.15) is 0 Å². The van der Waals surface area contributed by atoms with E-state index < -0.39 is 287 Å². The van der Waals surface area contributed by atoms with Gasteiger partial charge in [0.05, 0.1) is 56.6 Å². The van der Waals surface area contributed by atoms with Crippen LogP contribution in [0.4, 0.5) is 0 Å². The normalized spacial score (nSPS) is 54.0. The lowest BCUT2D eigenvalue weighted by Gasteiger charge is -2.71. The summed E-state index contributed by atoms with van der Waals surface area (Å²) >= 11 is 0. The van der Waals surface area contributed by atoms with Gasteiger partial charge in [-0.1, -0.05) is 53.2 Å². The minimum absolute atomic E-state index is 0.121. The van der Waals surface area contributed by atoms with Gasteiger partial charge in [0, 0.05) is 0 Å². The van der Waals surface area contributed by atoms with Gasteiger partial charge in [0.25, 0.3) is 0 Å². The number of fused-ring (bicyclic) bond motifs is 7. The zero-order valence-electron chi connectivity index (χ0n) is 58.6. The van der Waals surface area contributed by atoms with Crippen LogP contribution in [0.1, 0.15) is 106 Å². The number of aliphatic hydroxyl groups excluding tert-OH is 18. The number of aldehydes is 1. The van der Waals surface area contributed by atoms with Gasteiger partial charge < -0.3 is 168 Å². The lowest BCUT2D eigenvalue weighted by molar-refractivity contribution is -0.391. The molecule has 12 rings (SSSR count). The second-order valence-corrected chi connectivity index (χ2v) is 32.6. The summed E-state index contributed by atoms with van der Waals surface area (Å²) in [7, 11) is 0. The molecule has 0 bridgehead atoms. The Morgan fingerprint density at radius 1 is 0.481 bits per heavy atom. The Morgan fingerprint density at radius 2 is 0.990 bits per heavy atom. The first-order valence-electron chi connectivity index (χ1n) is 36.0. The van der Waals surface area contributed by atoms with E-state index in [4.69, 9.17) is 66.3 Å². The number of carbonyl (C=O) groups is 3. The minimum Gasteiger partial charge on any atom is -0.479 e. The van der Waals surface area contributed by atoms with Crippen molar-refractivity contribution >= 4 is 18.2 Å². The van der Waals surface area contributed by atoms with E-state index in [1.54, 1.807) is 6.92 Å². The van der Waals surface area contributed by atoms with E-state index in [0.717, 1.165) is 11.9 Å². The fraction of sp³-hybridized carbons (Fsp3) is 0.926. The number of carboxylic acid groups (broad SMARTS) is 1. The number of aliphatic carboxylic acids is 1. The van der Waals surface area contributed by atoms with Crippen molar-refractivity contribution in [1.82, 2.24) is 0 Å². The van der Waals surface area contributed by atoms with Crippen molar-refractivity contribution in [3.05, 3.63) is 11.6 Å². The molecule has 19 N–H and O–H groups in total. The molecule has 36 heteroatoms. The number of carbonyl (C=O) groups excluding carboxylic acids is 2. The molecule has 104 heavy (non-hydrogen) atoms. The molecular weight excluding hydrogens is 1390 g/mol. The molecule has 0 spiro atoms. The lowest BCUT2D eigenvalue weighted by atomic mass is 9.33. The molecule has 11 fully saturated rings. The average molecular weight is 1500 g/mol. The van der Waals surface area contributed by atoms with Crippen LogP contribution in [0.2, 0.25) is 0 Å². The minimum atomic E-state index is -2.21. The molecule has 7 saturated heterocycles. The smallest absolute Gasteiger partial charge is 0.335 e. The zero-order valence-corrected chi connectivity index (χ0v) is 58.6. The molecule has 7 aliphatic heterocycles. The fourth-order valence-electron chi connectivity index (χ4n) is 19.6. The summed E-state index contributed by atoms with van der Waals surface area (Å²) in [6.07, 6.45) is -51.0. The molecule has 594 valence electrons. The predicted molar refractivity (Wildman–Crippen MR) is 338 cm³/mol. The Hall–Kier alpha value is -2.89. The molecule has 5 aliphatic carbocycles. The van der Waals surface area contributed by atoms with Crippen LogP contribution in [0, 0.1) is 50.2 Å². The summed E-state index contributed by atoms with van der Waals surface area (Å²) in [4.78, 5) is 42.9. The largest absolute Gasteiger partial charge is 0.479 e. The molecule has 7 heterocycles. The number of hydrogen-bond acceptors (Lipinski definition) is 35. The summed E-state index contributed by atoms with van der Waals surface area (Å²) < 4.78 is 83.9.